The molecular weight excluding hydrogens is 656 g/mol. The Kier molecular flexibility index (Phi) is 19.0. The molecule has 13 nitrogen and oxygen atoms in total. The fraction of sp³-hybridized carbons (Fsp3) is 0.921. The third kappa shape index (κ3) is 18.6. The number of nitriles is 1. The predicted octanol–water partition coefficient (Wildman–Crippen LogP) is 4.06. The first-order valence-corrected chi connectivity index (χ1v) is 18.7. The molecule has 0 saturated carbocycles. The highest BCUT2D eigenvalue weighted by Crippen LogP contribution is 2.35. The van der Waals surface area contributed by atoms with Crippen molar-refractivity contribution in [3.8, 4) is 6.07 Å². The molecule has 1 fully saturated rings. The second-order valence-corrected chi connectivity index (χ2v) is 17.4. The molecule has 0 aromatic heterocycles. The van der Waals surface area contributed by atoms with E-state index in [-0.39, 0.29) is 11.8 Å². The molecule has 0 radical (unpaired) electrons. The van der Waals surface area contributed by atoms with Gasteiger partial charge in [0.1, 0.15) is 24.5 Å². The lowest BCUT2D eigenvalue weighted by atomic mass is 9.80. The topological polar surface area (TPSA) is 192 Å². The molecule has 6 atom stereocenters. The zero-order valence-corrected chi connectivity index (χ0v) is 33.7. The van der Waals surface area contributed by atoms with Crippen LogP contribution in [-0.4, -0.2) is 107 Å². The first-order valence-electron chi connectivity index (χ1n) is 18.7. The Labute approximate surface area is 307 Å². The lowest BCUT2D eigenvalue weighted by molar-refractivity contribution is -0.260. The van der Waals surface area contributed by atoms with Crippen molar-refractivity contribution in [3.63, 3.8) is 0 Å². The summed E-state index contributed by atoms with van der Waals surface area (Å²) in [5.41, 5.74) is -2.58. The van der Waals surface area contributed by atoms with Gasteiger partial charge in [0.2, 0.25) is 11.8 Å². The van der Waals surface area contributed by atoms with Crippen molar-refractivity contribution in [2.24, 2.45) is 10.8 Å². The number of aliphatic hydroxyl groups excluding tert-OH is 3. The van der Waals surface area contributed by atoms with E-state index in [1.165, 1.54) is 6.92 Å². The molecule has 0 aromatic rings. The predicted molar refractivity (Wildman–Crippen MR) is 196 cm³/mol. The molecule has 0 spiro atoms. The van der Waals surface area contributed by atoms with Gasteiger partial charge in [0.05, 0.1) is 41.0 Å². The van der Waals surface area contributed by atoms with Crippen molar-refractivity contribution in [3.05, 3.63) is 0 Å². The maximum Gasteiger partial charge on any atom is 0.225 e. The van der Waals surface area contributed by atoms with E-state index in [4.69, 9.17) is 24.2 Å². The highest BCUT2D eigenvalue weighted by atomic mass is 16.7. The molecule has 0 aliphatic carbocycles. The van der Waals surface area contributed by atoms with Gasteiger partial charge >= 0.3 is 0 Å². The average molecular weight is 729 g/mol. The molecule has 298 valence electrons. The second kappa shape index (κ2) is 20.5. The molecule has 51 heavy (non-hydrogen) atoms. The van der Waals surface area contributed by atoms with Gasteiger partial charge in [-0.2, -0.15) is 5.26 Å². The molecule has 1 unspecified atom stereocenters. The number of aliphatic hydroxyl groups is 3. The van der Waals surface area contributed by atoms with E-state index in [0.717, 1.165) is 12.8 Å². The van der Waals surface area contributed by atoms with Crippen LogP contribution in [0.25, 0.3) is 0 Å². The number of nitrogens with zero attached hydrogens (tertiary/aromatic N) is 1. The summed E-state index contributed by atoms with van der Waals surface area (Å²) in [5.74, 6) is -0.394. The molecule has 1 aliphatic heterocycles. The summed E-state index contributed by atoms with van der Waals surface area (Å²) >= 11 is 0. The largest absolute Gasteiger partial charge is 0.388 e. The summed E-state index contributed by atoms with van der Waals surface area (Å²) in [4.78, 5) is 24.8. The van der Waals surface area contributed by atoms with Crippen molar-refractivity contribution in [2.75, 3.05) is 26.3 Å². The van der Waals surface area contributed by atoms with Crippen molar-refractivity contribution >= 4 is 11.8 Å². The monoisotopic (exact) mass is 729 g/mol. The maximum absolute atomic E-state index is 13.2. The van der Waals surface area contributed by atoms with Crippen molar-refractivity contribution in [2.45, 2.75) is 188 Å². The van der Waals surface area contributed by atoms with Crippen LogP contribution < -0.4 is 16.0 Å². The fourth-order valence-electron chi connectivity index (χ4n) is 6.42. The number of unbranched alkanes of at least 4 members (excludes halogenated alkanes) is 2. The summed E-state index contributed by atoms with van der Waals surface area (Å²) in [7, 11) is 0. The standard InChI is InChI=1S/C38H72N4O9/c1-26-30(45)31(46)29(42-27(2)43)32(50-26)48-22-15-13-14-20-41-33(47)35(5,6)24-38(11,12)51-37(9,10)19-23-49-36(7,8)18-21-40-28(44)16-17-34(3,4)25-39/h26,28-32,40,44-46H,13-24H2,1-12H3,(H,41,47)(H,42,43)/t26-,28?,29-,30+,31-,32-/m1/s1. The Hall–Kier alpha value is -1.89. The van der Waals surface area contributed by atoms with E-state index in [0.29, 0.717) is 64.8 Å². The molecule has 0 aromatic carbocycles. The molecule has 1 rings (SSSR count). The van der Waals surface area contributed by atoms with Gasteiger partial charge < -0.3 is 44.9 Å². The third-order valence-corrected chi connectivity index (χ3v) is 9.28. The minimum absolute atomic E-state index is 0.0406. The van der Waals surface area contributed by atoms with Gasteiger partial charge in [-0.25, -0.2) is 0 Å². The van der Waals surface area contributed by atoms with E-state index in [1.54, 1.807) is 6.92 Å². The molecule has 1 aliphatic rings. The van der Waals surface area contributed by atoms with Crippen LogP contribution in [0.2, 0.25) is 0 Å². The van der Waals surface area contributed by atoms with E-state index >= 15 is 0 Å². The van der Waals surface area contributed by atoms with Gasteiger partial charge in [-0.3, -0.25) is 14.9 Å². The summed E-state index contributed by atoms with van der Waals surface area (Å²) < 4.78 is 24.3. The molecular formula is C38H72N4O9. The Morgan fingerprint density at radius 1 is 0.863 bits per heavy atom. The van der Waals surface area contributed by atoms with Gasteiger partial charge in [0.15, 0.2) is 6.29 Å². The highest BCUT2D eigenvalue weighted by molar-refractivity contribution is 5.81. The zero-order chi connectivity index (χ0) is 39.3. The van der Waals surface area contributed by atoms with Gasteiger partial charge in [-0.1, -0.05) is 13.8 Å². The summed E-state index contributed by atoms with van der Waals surface area (Å²) in [5, 5.41) is 48.7. The van der Waals surface area contributed by atoms with Crippen LogP contribution in [0.4, 0.5) is 0 Å². The Morgan fingerprint density at radius 2 is 1.51 bits per heavy atom. The lowest BCUT2D eigenvalue weighted by Gasteiger charge is -2.41. The molecule has 1 heterocycles. The quantitative estimate of drug-likeness (QED) is 0.0621. The average Bonchev–Trinajstić information content (AvgIpc) is 2.98. The number of amides is 2. The molecule has 2 amide bonds. The van der Waals surface area contributed by atoms with Crippen LogP contribution in [0.15, 0.2) is 0 Å². The fourth-order valence-corrected chi connectivity index (χ4v) is 6.42. The van der Waals surface area contributed by atoms with Crippen molar-refractivity contribution in [1.29, 1.82) is 5.26 Å². The number of hydrogen-bond acceptors (Lipinski definition) is 11. The van der Waals surface area contributed by atoms with E-state index in [9.17, 15) is 24.9 Å². The van der Waals surface area contributed by atoms with E-state index < -0.39 is 64.5 Å². The summed E-state index contributed by atoms with van der Waals surface area (Å²) in [6.07, 6.45) is 0.773. The minimum atomic E-state index is -1.20. The molecule has 6 N–H and O–H groups in total. The van der Waals surface area contributed by atoms with Gasteiger partial charge in [0, 0.05) is 32.0 Å². The van der Waals surface area contributed by atoms with E-state index in [1.807, 2.05) is 69.2 Å². The maximum atomic E-state index is 13.2. The van der Waals surface area contributed by atoms with Gasteiger partial charge in [-0.15, -0.1) is 0 Å². The van der Waals surface area contributed by atoms with E-state index in [2.05, 4.69) is 22.0 Å². The van der Waals surface area contributed by atoms with Gasteiger partial charge in [-0.05, 0) is 114 Å². The van der Waals surface area contributed by atoms with Crippen LogP contribution in [0.5, 0.6) is 0 Å². The Morgan fingerprint density at radius 3 is 2.12 bits per heavy atom. The number of nitrogens with one attached hydrogen (secondary N) is 3. The lowest BCUT2D eigenvalue weighted by Crippen LogP contribution is -2.63. The number of carbonyl (C=O) groups excluding carboxylic acids is 2. The third-order valence-electron chi connectivity index (χ3n) is 9.28. The Balaban J connectivity index is 2.41. The van der Waals surface area contributed by atoms with Gasteiger partial charge in [0.25, 0.3) is 0 Å². The first-order chi connectivity index (χ1) is 23.3. The molecule has 0 bridgehead atoms. The summed E-state index contributed by atoms with van der Waals surface area (Å²) in [6, 6.07) is 1.39. The van der Waals surface area contributed by atoms with Crippen LogP contribution >= 0.6 is 0 Å². The van der Waals surface area contributed by atoms with Crippen LogP contribution in [0.1, 0.15) is 134 Å². The SMILES string of the molecule is CC(=O)N[C@H]1[C@H](OCCCCCNC(=O)C(C)(C)CC(C)(C)OC(C)(C)CCOC(C)(C)CCNC(O)CCC(C)(C)C#N)O[C@H](C)[C@H](O)[C@@H]1O. The number of hydrogen-bond donors (Lipinski definition) is 6. The smallest absolute Gasteiger partial charge is 0.225 e. The molecule has 1 saturated heterocycles. The van der Waals surface area contributed by atoms with Crippen molar-refractivity contribution < 1.29 is 43.9 Å². The Bertz CT molecular complexity index is 1110. The van der Waals surface area contributed by atoms with Crippen LogP contribution in [0, 0.1) is 22.2 Å². The van der Waals surface area contributed by atoms with Crippen LogP contribution in [0.3, 0.4) is 0 Å². The number of carbonyl (C=O) groups is 2. The first kappa shape index (κ1) is 47.1. The normalized spacial score (nSPS) is 22.7. The van der Waals surface area contributed by atoms with Crippen molar-refractivity contribution in [1.82, 2.24) is 16.0 Å². The zero-order valence-electron chi connectivity index (χ0n) is 33.7. The molecule has 13 heteroatoms. The second-order valence-electron chi connectivity index (χ2n) is 17.4. The van der Waals surface area contributed by atoms with Crippen LogP contribution in [-0.2, 0) is 28.5 Å². The highest BCUT2D eigenvalue weighted by Gasteiger charge is 2.44. The number of ether oxygens (including phenoxy) is 4. The number of rotatable bonds is 24. The summed E-state index contributed by atoms with van der Waals surface area (Å²) in [6.45, 7) is 24.7. The minimum Gasteiger partial charge on any atom is -0.388 e.